The second kappa shape index (κ2) is 13.0. The highest BCUT2D eigenvalue weighted by molar-refractivity contribution is 5.91. The van der Waals surface area contributed by atoms with Crippen LogP contribution in [-0.2, 0) is 16.1 Å². The second-order valence-electron chi connectivity index (χ2n) is 9.13. The summed E-state index contributed by atoms with van der Waals surface area (Å²) in [6, 6.07) is 7.78. The number of aliphatic carboxylic acids is 2. The van der Waals surface area contributed by atoms with E-state index in [4.69, 9.17) is 24.2 Å². The van der Waals surface area contributed by atoms with Gasteiger partial charge >= 0.3 is 24.3 Å². The summed E-state index contributed by atoms with van der Waals surface area (Å²) in [6.07, 6.45) is -2.99. The number of likely N-dealkylation sites (tertiary alicyclic amines) is 2. The molecule has 4 heterocycles. The lowest BCUT2D eigenvalue weighted by molar-refractivity contribution is -0.193. The van der Waals surface area contributed by atoms with Gasteiger partial charge in [-0.05, 0) is 61.9 Å². The fourth-order valence-electron chi connectivity index (χ4n) is 4.21. The molecule has 2 aliphatic rings. The van der Waals surface area contributed by atoms with Gasteiger partial charge in [-0.1, -0.05) is 6.07 Å². The molecule has 216 valence electrons. The fraction of sp³-hybridized carbons (Fsp3) is 0.500. The number of carbonyl (C=O) groups is 3. The Morgan fingerprint density at radius 1 is 0.949 bits per heavy atom. The Labute approximate surface area is 219 Å². The first-order valence-electron chi connectivity index (χ1n) is 11.6. The highest BCUT2D eigenvalue weighted by atomic mass is 19.4. The Morgan fingerprint density at radius 2 is 1.49 bits per heavy atom. The number of pyridine rings is 1. The third-order valence-electron chi connectivity index (χ3n) is 6.19. The number of carboxylic acid groups (broad SMARTS) is 2. The van der Waals surface area contributed by atoms with Crippen molar-refractivity contribution in [2.75, 3.05) is 26.2 Å². The van der Waals surface area contributed by atoms with Gasteiger partial charge in [0.05, 0.1) is 0 Å². The van der Waals surface area contributed by atoms with Crippen molar-refractivity contribution in [2.45, 2.75) is 45.1 Å². The van der Waals surface area contributed by atoms with E-state index in [9.17, 15) is 31.1 Å². The molecule has 0 saturated carbocycles. The van der Waals surface area contributed by atoms with Gasteiger partial charge in [0.15, 0.2) is 5.76 Å². The van der Waals surface area contributed by atoms with Gasteiger partial charge in [-0.2, -0.15) is 26.3 Å². The number of piperidine rings is 1. The van der Waals surface area contributed by atoms with Gasteiger partial charge in [0.1, 0.15) is 5.76 Å². The molecule has 1 amide bonds. The molecule has 9 nitrogen and oxygen atoms in total. The minimum atomic E-state index is -5.08. The van der Waals surface area contributed by atoms with Crippen LogP contribution in [0.15, 0.2) is 41.1 Å². The van der Waals surface area contributed by atoms with Gasteiger partial charge in [-0.3, -0.25) is 14.7 Å². The number of furan rings is 1. The molecule has 39 heavy (non-hydrogen) atoms. The van der Waals surface area contributed by atoms with Gasteiger partial charge in [0.2, 0.25) is 0 Å². The summed E-state index contributed by atoms with van der Waals surface area (Å²) in [7, 11) is 0. The van der Waals surface area contributed by atoms with Crippen molar-refractivity contribution < 1.29 is 55.4 Å². The molecule has 2 fully saturated rings. The first-order chi connectivity index (χ1) is 18.0. The van der Waals surface area contributed by atoms with Crippen LogP contribution in [0.1, 0.15) is 41.1 Å². The molecule has 0 atom stereocenters. The van der Waals surface area contributed by atoms with Crippen LogP contribution in [0.5, 0.6) is 0 Å². The van der Waals surface area contributed by atoms with Crippen LogP contribution in [0.4, 0.5) is 26.3 Å². The van der Waals surface area contributed by atoms with Crippen LogP contribution >= 0.6 is 0 Å². The molecule has 2 N–H and O–H groups in total. The molecule has 2 aromatic rings. The predicted molar refractivity (Wildman–Crippen MR) is 123 cm³/mol. The van der Waals surface area contributed by atoms with Crippen LogP contribution in [0.2, 0.25) is 0 Å². The Balaban J connectivity index is 0.000000317. The van der Waals surface area contributed by atoms with Crippen LogP contribution < -0.4 is 0 Å². The van der Waals surface area contributed by atoms with E-state index < -0.39 is 24.3 Å². The molecule has 0 aromatic carbocycles. The molecule has 2 saturated heterocycles. The average Bonchev–Trinajstić information content (AvgIpc) is 3.45. The van der Waals surface area contributed by atoms with Crippen molar-refractivity contribution >= 4 is 17.8 Å². The highest BCUT2D eigenvalue weighted by Crippen LogP contribution is 2.41. The van der Waals surface area contributed by atoms with Crippen molar-refractivity contribution in [3.63, 3.8) is 0 Å². The molecule has 2 aliphatic heterocycles. The number of carboxylic acids is 2. The fourth-order valence-corrected chi connectivity index (χ4v) is 4.21. The monoisotopic (exact) mass is 567 g/mol. The van der Waals surface area contributed by atoms with Crippen LogP contribution in [0.25, 0.3) is 0 Å². The topological polar surface area (TPSA) is 124 Å². The molecular weight excluding hydrogens is 540 g/mol. The van der Waals surface area contributed by atoms with E-state index in [1.807, 2.05) is 36.4 Å². The Morgan fingerprint density at radius 3 is 1.92 bits per heavy atom. The van der Waals surface area contributed by atoms with Gasteiger partial charge in [0, 0.05) is 38.6 Å². The summed E-state index contributed by atoms with van der Waals surface area (Å²) in [5, 5.41) is 14.2. The third kappa shape index (κ3) is 9.89. The first-order valence-corrected chi connectivity index (χ1v) is 11.6. The van der Waals surface area contributed by atoms with Crippen LogP contribution in [0, 0.1) is 12.3 Å². The lowest BCUT2D eigenvalue weighted by atomic mass is 9.77. The zero-order valence-electron chi connectivity index (χ0n) is 20.8. The zero-order chi connectivity index (χ0) is 29.4. The predicted octanol–water partition coefficient (Wildman–Crippen LogP) is 4.38. The van der Waals surface area contributed by atoms with Gasteiger partial charge in [-0.25, -0.2) is 9.59 Å². The van der Waals surface area contributed by atoms with Crippen LogP contribution in [-0.4, -0.2) is 81.4 Å². The molecule has 0 bridgehead atoms. The largest absolute Gasteiger partial charge is 0.490 e. The molecule has 0 aliphatic carbocycles. The van der Waals surface area contributed by atoms with Gasteiger partial charge in [-0.15, -0.1) is 0 Å². The van der Waals surface area contributed by atoms with E-state index >= 15 is 0 Å². The van der Waals surface area contributed by atoms with Gasteiger partial charge in [0.25, 0.3) is 5.91 Å². The summed E-state index contributed by atoms with van der Waals surface area (Å²) in [4.78, 5) is 39.0. The number of halogens is 6. The number of hydrogen-bond acceptors (Lipinski definition) is 6. The minimum absolute atomic E-state index is 0.0353. The summed E-state index contributed by atoms with van der Waals surface area (Å²) in [5.74, 6) is -4.22. The third-order valence-corrected chi connectivity index (χ3v) is 6.19. The summed E-state index contributed by atoms with van der Waals surface area (Å²) >= 11 is 0. The molecule has 15 heteroatoms. The van der Waals surface area contributed by atoms with Gasteiger partial charge < -0.3 is 19.5 Å². The van der Waals surface area contributed by atoms with E-state index in [0.29, 0.717) is 11.2 Å². The SMILES string of the molecule is Cc1ccc(C(=O)N2CCC3(CCN(Cc4cccnc4)C3)CC2)o1.O=C(O)C(F)(F)F.O=C(O)C(F)(F)F. The number of alkyl halides is 6. The average molecular weight is 567 g/mol. The van der Waals surface area contributed by atoms with E-state index in [1.54, 1.807) is 6.07 Å². The van der Waals surface area contributed by atoms with E-state index in [2.05, 4.69) is 16.0 Å². The number of hydrogen-bond donors (Lipinski definition) is 2. The number of aromatic nitrogens is 1. The van der Waals surface area contributed by atoms with Crippen molar-refractivity contribution in [3.8, 4) is 0 Å². The van der Waals surface area contributed by atoms with E-state index in [0.717, 1.165) is 51.3 Å². The Kier molecular flexibility index (Phi) is 10.5. The van der Waals surface area contributed by atoms with Crippen molar-refractivity contribution in [2.24, 2.45) is 5.41 Å². The molecule has 4 rings (SSSR count). The van der Waals surface area contributed by atoms with Crippen molar-refractivity contribution in [1.29, 1.82) is 0 Å². The maximum absolute atomic E-state index is 12.5. The standard InChI is InChI=1S/C20H25N3O2.2C2HF3O2/c1-16-4-5-18(25-16)19(24)23-11-7-20(8-12-23)6-10-22(15-20)14-17-3-2-9-21-13-17;2*3-2(4,5)1(6)7/h2-5,9,13H,6-8,10-12,14-15H2,1H3;2*(H,6,7). The summed E-state index contributed by atoms with van der Waals surface area (Å²) in [6.45, 7) is 6.78. The Hall–Kier alpha value is -3.62. The molecule has 1 spiro atoms. The maximum Gasteiger partial charge on any atom is 0.490 e. The number of rotatable bonds is 3. The maximum atomic E-state index is 12.5. The normalized spacial score (nSPS) is 17.1. The lowest BCUT2D eigenvalue weighted by Gasteiger charge is -2.39. The number of nitrogens with zero attached hydrogens (tertiary/aromatic N) is 3. The summed E-state index contributed by atoms with van der Waals surface area (Å²) < 4.78 is 69.0. The summed E-state index contributed by atoms with van der Waals surface area (Å²) in [5.41, 5.74) is 1.65. The smallest absolute Gasteiger partial charge is 0.475 e. The quantitative estimate of drug-likeness (QED) is 0.524. The van der Waals surface area contributed by atoms with E-state index in [1.165, 1.54) is 12.0 Å². The number of carbonyl (C=O) groups excluding carboxylic acids is 1. The van der Waals surface area contributed by atoms with Crippen LogP contribution in [0.3, 0.4) is 0 Å². The number of aryl methyl sites for hydroxylation is 1. The molecule has 0 unspecified atom stereocenters. The second-order valence-corrected chi connectivity index (χ2v) is 9.13. The molecular formula is C24H27F6N3O6. The number of amides is 1. The first kappa shape index (κ1) is 31.6. The Bertz CT molecular complexity index is 1090. The highest BCUT2D eigenvalue weighted by Gasteiger charge is 2.42. The molecule has 2 aromatic heterocycles. The zero-order valence-corrected chi connectivity index (χ0v) is 20.8. The molecule has 0 radical (unpaired) electrons. The lowest BCUT2D eigenvalue weighted by Crippen LogP contribution is -2.44. The van der Waals surface area contributed by atoms with Crippen molar-refractivity contribution in [3.05, 3.63) is 53.7 Å². The minimum Gasteiger partial charge on any atom is -0.475 e. The van der Waals surface area contributed by atoms with Crippen molar-refractivity contribution in [1.82, 2.24) is 14.8 Å². The van der Waals surface area contributed by atoms with E-state index in [-0.39, 0.29) is 5.91 Å².